The fraction of sp³-hybridized carbons (Fsp3) is 0.889. The molecule has 13 heavy (non-hydrogen) atoms. The van der Waals surface area contributed by atoms with Crippen LogP contribution in [0.4, 0.5) is 0 Å². The predicted molar refractivity (Wildman–Crippen MR) is 49.8 cm³/mol. The Labute approximate surface area is 78.8 Å². The summed E-state index contributed by atoms with van der Waals surface area (Å²) in [5, 5.41) is 0. The molecule has 0 heterocycles. The van der Waals surface area contributed by atoms with Gasteiger partial charge in [0, 0.05) is 0 Å². The maximum absolute atomic E-state index is 11.2. The van der Waals surface area contributed by atoms with Crippen LogP contribution in [0.15, 0.2) is 0 Å². The van der Waals surface area contributed by atoms with Gasteiger partial charge in [-0.1, -0.05) is 19.8 Å². The minimum Gasteiger partial charge on any atom is -0.320 e. The molecule has 0 aliphatic heterocycles. The minimum absolute atomic E-state index is 0.202. The Morgan fingerprint density at radius 3 is 2.77 bits per heavy atom. The highest BCUT2D eigenvalue weighted by Gasteiger charge is 2.18. The van der Waals surface area contributed by atoms with Gasteiger partial charge in [0.1, 0.15) is 0 Å². The molecule has 0 aromatic heterocycles. The van der Waals surface area contributed by atoms with Crippen LogP contribution in [0.25, 0.3) is 0 Å². The molecule has 4 nitrogen and oxygen atoms in total. The van der Waals surface area contributed by atoms with Gasteiger partial charge in [-0.15, -0.1) is 0 Å². The van der Waals surface area contributed by atoms with E-state index in [0.717, 1.165) is 12.8 Å². The Hall–Kier alpha value is -0.610. The molecule has 76 valence electrons. The van der Waals surface area contributed by atoms with Gasteiger partial charge in [0.2, 0.25) is 0 Å². The number of hydrogen-bond donors (Lipinski definition) is 2. The second-order valence-corrected chi connectivity index (χ2v) is 3.51. The topological polar surface area (TPSA) is 64.4 Å². The largest absolute Gasteiger partial charge is 0.320 e. The van der Waals surface area contributed by atoms with Gasteiger partial charge in [-0.3, -0.25) is 9.63 Å². The van der Waals surface area contributed by atoms with Crippen LogP contribution in [0.3, 0.4) is 0 Å². The average molecular weight is 186 g/mol. The summed E-state index contributed by atoms with van der Waals surface area (Å²) < 4.78 is 0. The summed E-state index contributed by atoms with van der Waals surface area (Å²) in [7, 11) is 0. The molecule has 0 bridgehead atoms. The second-order valence-electron chi connectivity index (χ2n) is 3.51. The fourth-order valence-electron chi connectivity index (χ4n) is 1.41. The van der Waals surface area contributed by atoms with Crippen molar-refractivity contribution in [1.29, 1.82) is 0 Å². The minimum atomic E-state index is -0.443. The molecule has 1 amide bonds. The van der Waals surface area contributed by atoms with E-state index in [1.165, 1.54) is 12.8 Å². The molecule has 0 unspecified atom stereocenters. The smallest absolute Gasteiger partial charge is 0.260 e. The van der Waals surface area contributed by atoms with Crippen LogP contribution in [-0.4, -0.2) is 18.1 Å². The highest BCUT2D eigenvalue weighted by atomic mass is 16.7. The van der Waals surface area contributed by atoms with Gasteiger partial charge < -0.3 is 5.73 Å². The third-order valence-corrected chi connectivity index (χ3v) is 2.40. The van der Waals surface area contributed by atoms with E-state index in [9.17, 15) is 4.79 Å². The lowest BCUT2D eigenvalue weighted by atomic mass is 10.2. The van der Waals surface area contributed by atoms with E-state index in [4.69, 9.17) is 10.6 Å². The number of nitrogens with one attached hydrogen (secondary N) is 1. The Bertz CT molecular complexity index is 167. The number of carbonyl (C=O) groups is 1. The fourth-order valence-corrected chi connectivity index (χ4v) is 1.41. The van der Waals surface area contributed by atoms with Crippen molar-refractivity contribution in [3.8, 4) is 0 Å². The van der Waals surface area contributed by atoms with E-state index in [1.807, 2.05) is 6.92 Å². The summed E-state index contributed by atoms with van der Waals surface area (Å²) >= 11 is 0. The quantitative estimate of drug-likeness (QED) is 0.636. The van der Waals surface area contributed by atoms with Crippen molar-refractivity contribution >= 4 is 5.91 Å². The van der Waals surface area contributed by atoms with E-state index < -0.39 is 6.04 Å². The molecule has 0 aromatic carbocycles. The van der Waals surface area contributed by atoms with Gasteiger partial charge >= 0.3 is 0 Å². The van der Waals surface area contributed by atoms with Crippen LogP contribution >= 0.6 is 0 Å². The monoisotopic (exact) mass is 186 g/mol. The van der Waals surface area contributed by atoms with Crippen molar-refractivity contribution < 1.29 is 9.63 Å². The normalized spacial score (nSPS) is 20.2. The van der Waals surface area contributed by atoms with Gasteiger partial charge in [-0.05, 0) is 19.3 Å². The zero-order valence-electron chi connectivity index (χ0n) is 8.08. The molecule has 1 aliphatic carbocycles. The molecule has 1 fully saturated rings. The summed E-state index contributed by atoms with van der Waals surface area (Å²) in [4.78, 5) is 16.4. The number of rotatable bonds is 4. The maximum atomic E-state index is 11.2. The molecule has 0 radical (unpaired) electrons. The molecule has 1 rings (SSSR count). The first kappa shape index (κ1) is 10.5. The van der Waals surface area contributed by atoms with E-state index >= 15 is 0 Å². The van der Waals surface area contributed by atoms with Gasteiger partial charge in [-0.2, -0.15) is 0 Å². The Kier molecular flexibility index (Phi) is 4.18. The van der Waals surface area contributed by atoms with E-state index in [2.05, 4.69) is 5.48 Å². The molecule has 4 heteroatoms. The molecule has 0 saturated heterocycles. The molecule has 0 aromatic rings. The molecule has 0 spiro atoms. The summed E-state index contributed by atoms with van der Waals surface area (Å²) in [5.74, 6) is -0.214. The van der Waals surface area contributed by atoms with Crippen LogP contribution in [0.2, 0.25) is 0 Å². The van der Waals surface area contributed by atoms with Crippen molar-refractivity contribution in [2.24, 2.45) is 5.73 Å². The lowest BCUT2D eigenvalue weighted by Gasteiger charge is -2.13. The van der Waals surface area contributed by atoms with Crippen molar-refractivity contribution in [3.63, 3.8) is 0 Å². The zero-order valence-corrected chi connectivity index (χ0v) is 8.08. The first-order valence-electron chi connectivity index (χ1n) is 4.95. The first-order chi connectivity index (χ1) is 6.24. The molecule has 1 aliphatic rings. The number of carbonyl (C=O) groups excluding carboxylic acids is 1. The Morgan fingerprint density at radius 2 is 2.23 bits per heavy atom. The predicted octanol–water partition coefficient (Wildman–Crippen LogP) is 0.714. The first-order valence-corrected chi connectivity index (χ1v) is 4.95. The van der Waals surface area contributed by atoms with Gasteiger partial charge in [-0.25, -0.2) is 5.48 Å². The zero-order chi connectivity index (χ0) is 9.68. The third kappa shape index (κ3) is 3.32. The lowest BCUT2D eigenvalue weighted by molar-refractivity contribution is -0.139. The highest BCUT2D eigenvalue weighted by Crippen LogP contribution is 2.19. The summed E-state index contributed by atoms with van der Waals surface area (Å²) in [6.45, 7) is 1.87. The van der Waals surface area contributed by atoms with E-state index in [1.54, 1.807) is 0 Å². The van der Waals surface area contributed by atoms with Crippen molar-refractivity contribution in [2.75, 3.05) is 0 Å². The number of hydrogen-bond acceptors (Lipinski definition) is 3. The standard InChI is InChI=1S/C9H18N2O2/c1-2-8(10)9(12)11-13-7-5-3-4-6-7/h7-8H,2-6,10H2,1H3,(H,11,12)/t8-/m1/s1. The van der Waals surface area contributed by atoms with Crippen LogP contribution in [-0.2, 0) is 9.63 Å². The summed E-state index contributed by atoms with van der Waals surface area (Å²) in [6, 6.07) is -0.443. The van der Waals surface area contributed by atoms with Crippen LogP contribution < -0.4 is 11.2 Å². The average Bonchev–Trinajstić information content (AvgIpc) is 2.65. The van der Waals surface area contributed by atoms with Crippen LogP contribution in [0, 0.1) is 0 Å². The lowest BCUT2D eigenvalue weighted by Crippen LogP contribution is -2.41. The Morgan fingerprint density at radius 1 is 1.62 bits per heavy atom. The van der Waals surface area contributed by atoms with Crippen molar-refractivity contribution in [1.82, 2.24) is 5.48 Å². The van der Waals surface area contributed by atoms with Gasteiger partial charge in [0.05, 0.1) is 12.1 Å². The molecular formula is C9H18N2O2. The van der Waals surface area contributed by atoms with Crippen molar-refractivity contribution in [3.05, 3.63) is 0 Å². The molecule has 1 saturated carbocycles. The summed E-state index contributed by atoms with van der Waals surface area (Å²) in [5.41, 5.74) is 7.92. The molecular weight excluding hydrogens is 168 g/mol. The van der Waals surface area contributed by atoms with Crippen molar-refractivity contribution in [2.45, 2.75) is 51.2 Å². The highest BCUT2D eigenvalue weighted by molar-refractivity contribution is 5.80. The van der Waals surface area contributed by atoms with Gasteiger partial charge in [0.25, 0.3) is 5.91 Å². The van der Waals surface area contributed by atoms with Crippen LogP contribution in [0.1, 0.15) is 39.0 Å². The Balaban J connectivity index is 2.13. The number of nitrogens with two attached hydrogens (primary N) is 1. The number of amides is 1. The van der Waals surface area contributed by atoms with E-state index in [-0.39, 0.29) is 12.0 Å². The maximum Gasteiger partial charge on any atom is 0.260 e. The van der Waals surface area contributed by atoms with Crippen LogP contribution in [0.5, 0.6) is 0 Å². The number of hydroxylamine groups is 1. The SMILES string of the molecule is CC[C@@H](N)C(=O)NOC1CCCC1. The molecule has 1 atom stereocenters. The second kappa shape index (κ2) is 5.19. The van der Waals surface area contributed by atoms with Gasteiger partial charge in [0.15, 0.2) is 0 Å². The van der Waals surface area contributed by atoms with E-state index in [0.29, 0.717) is 6.42 Å². The summed E-state index contributed by atoms with van der Waals surface area (Å²) in [6.07, 6.45) is 5.32. The molecule has 3 N–H and O–H groups in total. The third-order valence-electron chi connectivity index (χ3n) is 2.40.